The van der Waals surface area contributed by atoms with Crippen LogP contribution in [0, 0.1) is 0 Å². The molecular formula is C19H23N3O4. The molecular weight excluding hydrogens is 334 g/mol. The minimum Gasteiger partial charge on any atom is -0.493 e. The first-order chi connectivity index (χ1) is 12.6. The lowest BCUT2D eigenvalue weighted by Crippen LogP contribution is -2.23. The van der Waals surface area contributed by atoms with Crippen molar-refractivity contribution in [3.63, 3.8) is 0 Å². The van der Waals surface area contributed by atoms with Crippen molar-refractivity contribution in [2.45, 2.75) is 18.9 Å². The molecule has 1 saturated heterocycles. The molecule has 1 aliphatic heterocycles. The van der Waals surface area contributed by atoms with Gasteiger partial charge in [0.05, 0.1) is 32.6 Å². The third-order valence-corrected chi connectivity index (χ3v) is 4.32. The first-order valence-electron chi connectivity index (χ1n) is 8.44. The molecule has 1 aromatic carbocycles. The Balaban J connectivity index is 1.84. The Labute approximate surface area is 152 Å². The molecule has 1 fully saturated rings. The van der Waals surface area contributed by atoms with Gasteiger partial charge in [-0.15, -0.1) is 0 Å². The number of carbonyl (C=O) groups is 1. The molecule has 1 unspecified atom stereocenters. The van der Waals surface area contributed by atoms with Crippen LogP contribution in [0.2, 0.25) is 0 Å². The number of benzene rings is 1. The monoisotopic (exact) mass is 357 g/mol. The van der Waals surface area contributed by atoms with Crippen LogP contribution in [0.4, 0.5) is 5.69 Å². The summed E-state index contributed by atoms with van der Waals surface area (Å²) in [4.78, 5) is 15.9. The molecule has 1 atom stereocenters. The summed E-state index contributed by atoms with van der Waals surface area (Å²) in [5.74, 6) is 0.805. The molecule has 0 spiro atoms. The summed E-state index contributed by atoms with van der Waals surface area (Å²) in [6.07, 6.45) is 3.20. The van der Waals surface area contributed by atoms with Gasteiger partial charge >= 0.3 is 0 Å². The van der Waals surface area contributed by atoms with Gasteiger partial charge in [0.25, 0.3) is 5.91 Å². The second-order valence-corrected chi connectivity index (χ2v) is 6.17. The maximum atomic E-state index is 11.7. The van der Waals surface area contributed by atoms with Crippen LogP contribution < -0.4 is 20.5 Å². The number of amides is 1. The van der Waals surface area contributed by atoms with Crippen LogP contribution in [0.3, 0.4) is 0 Å². The van der Waals surface area contributed by atoms with E-state index in [4.69, 9.17) is 19.9 Å². The molecule has 2 aromatic rings. The van der Waals surface area contributed by atoms with Gasteiger partial charge in [0.1, 0.15) is 0 Å². The van der Waals surface area contributed by atoms with E-state index >= 15 is 0 Å². The number of methoxy groups -OCH3 is 2. The molecule has 1 aliphatic rings. The standard InChI is InChI=1S/C19H23N3O4/c1-24-16-4-3-12(9-17(16)25-2)7-13-8-15(18(19(20)23)21-10-13)22-14-5-6-26-11-14/h3-4,8-10,14,22H,5-7,11H2,1-2H3,(H2,20,23). The van der Waals surface area contributed by atoms with Crippen molar-refractivity contribution in [2.24, 2.45) is 5.73 Å². The molecule has 7 heteroatoms. The largest absolute Gasteiger partial charge is 0.493 e. The van der Waals surface area contributed by atoms with Gasteiger partial charge in [0, 0.05) is 12.8 Å². The van der Waals surface area contributed by atoms with Gasteiger partial charge < -0.3 is 25.3 Å². The van der Waals surface area contributed by atoms with Crippen molar-refractivity contribution in [1.29, 1.82) is 0 Å². The number of aromatic nitrogens is 1. The molecule has 3 rings (SSSR count). The molecule has 1 amide bonds. The summed E-state index contributed by atoms with van der Waals surface area (Å²) in [7, 11) is 3.21. The number of ether oxygens (including phenoxy) is 3. The van der Waals surface area contributed by atoms with Gasteiger partial charge in [0.2, 0.25) is 0 Å². The highest BCUT2D eigenvalue weighted by molar-refractivity contribution is 5.96. The van der Waals surface area contributed by atoms with E-state index in [0.29, 0.717) is 36.8 Å². The van der Waals surface area contributed by atoms with Crippen molar-refractivity contribution < 1.29 is 19.0 Å². The molecule has 7 nitrogen and oxygen atoms in total. The fraction of sp³-hybridized carbons (Fsp3) is 0.368. The SMILES string of the molecule is COc1ccc(Cc2cnc(C(N)=O)c(NC3CCOC3)c2)cc1OC. The predicted octanol–water partition coefficient (Wildman–Crippen LogP) is 1.99. The normalized spacial score (nSPS) is 16.3. The Morgan fingerprint density at radius 2 is 2.08 bits per heavy atom. The van der Waals surface area contributed by atoms with E-state index in [-0.39, 0.29) is 11.7 Å². The van der Waals surface area contributed by atoms with Gasteiger partial charge in [-0.25, -0.2) is 4.98 Å². The molecule has 0 saturated carbocycles. The van der Waals surface area contributed by atoms with E-state index in [1.165, 1.54) is 0 Å². The molecule has 0 radical (unpaired) electrons. The van der Waals surface area contributed by atoms with Gasteiger partial charge in [0.15, 0.2) is 17.2 Å². The van der Waals surface area contributed by atoms with Crippen molar-refractivity contribution in [3.8, 4) is 11.5 Å². The molecule has 0 aliphatic carbocycles. The number of primary amides is 1. The Kier molecular flexibility index (Phi) is 5.58. The number of nitrogens with one attached hydrogen (secondary N) is 1. The summed E-state index contributed by atoms with van der Waals surface area (Å²) in [6, 6.07) is 7.85. The minimum atomic E-state index is -0.552. The number of nitrogens with two attached hydrogens (primary N) is 1. The Morgan fingerprint density at radius 3 is 2.73 bits per heavy atom. The highest BCUT2D eigenvalue weighted by Crippen LogP contribution is 2.29. The number of nitrogens with zero attached hydrogens (tertiary/aromatic N) is 1. The third kappa shape index (κ3) is 4.05. The second-order valence-electron chi connectivity index (χ2n) is 6.17. The molecule has 138 valence electrons. The van der Waals surface area contributed by atoms with Crippen molar-refractivity contribution in [3.05, 3.63) is 47.3 Å². The lowest BCUT2D eigenvalue weighted by molar-refractivity contribution is 0.0996. The highest BCUT2D eigenvalue weighted by atomic mass is 16.5. The van der Waals surface area contributed by atoms with Crippen LogP contribution in [-0.4, -0.2) is 44.4 Å². The van der Waals surface area contributed by atoms with E-state index in [0.717, 1.165) is 17.5 Å². The number of hydrogen-bond acceptors (Lipinski definition) is 6. The second kappa shape index (κ2) is 8.05. The lowest BCUT2D eigenvalue weighted by Gasteiger charge is -2.16. The Morgan fingerprint density at radius 1 is 1.27 bits per heavy atom. The van der Waals surface area contributed by atoms with Crippen LogP contribution in [0.25, 0.3) is 0 Å². The van der Waals surface area contributed by atoms with E-state index in [2.05, 4.69) is 10.3 Å². The van der Waals surface area contributed by atoms with Gasteiger partial charge in [-0.05, 0) is 42.2 Å². The highest BCUT2D eigenvalue weighted by Gasteiger charge is 2.19. The van der Waals surface area contributed by atoms with Crippen LogP contribution >= 0.6 is 0 Å². The van der Waals surface area contributed by atoms with Crippen molar-refractivity contribution in [2.75, 3.05) is 32.8 Å². The summed E-state index contributed by atoms with van der Waals surface area (Å²) in [5.41, 5.74) is 8.36. The molecule has 26 heavy (non-hydrogen) atoms. The van der Waals surface area contributed by atoms with Crippen LogP contribution in [-0.2, 0) is 11.2 Å². The van der Waals surface area contributed by atoms with Gasteiger partial charge in [-0.2, -0.15) is 0 Å². The number of carbonyl (C=O) groups excluding carboxylic acids is 1. The van der Waals surface area contributed by atoms with Crippen LogP contribution in [0.15, 0.2) is 30.5 Å². The zero-order chi connectivity index (χ0) is 18.5. The summed E-state index contributed by atoms with van der Waals surface area (Å²) in [5, 5.41) is 3.32. The predicted molar refractivity (Wildman–Crippen MR) is 98.0 cm³/mol. The fourth-order valence-corrected chi connectivity index (χ4v) is 3.01. The Hall–Kier alpha value is -2.80. The van der Waals surface area contributed by atoms with Crippen molar-refractivity contribution in [1.82, 2.24) is 4.98 Å². The quantitative estimate of drug-likeness (QED) is 0.787. The Bertz CT molecular complexity index is 788. The molecule has 0 bridgehead atoms. The molecule has 2 heterocycles. The topological polar surface area (TPSA) is 95.7 Å². The number of pyridine rings is 1. The smallest absolute Gasteiger partial charge is 0.269 e. The van der Waals surface area contributed by atoms with Crippen LogP contribution in [0.1, 0.15) is 28.0 Å². The minimum absolute atomic E-state index is 0.159. The average Bonchev–Trinajstić information content (AvgIpc) is 3.14. The zero-order valence-corrected chi connectivity index (χ0v) is 15.0. The third-order valence-electron chi connectivity index (χ3n) is 4.32. The summed E-state index contributed by atoms with van der Waals surface area (Å²) in [6.45, 7) is 1.32. The lowest BCUT2D eigenvalue weighted by atomic mass is 10.0. The number of anilines is 1. The number of hydrogen-bond donors (Lipinski definition) is 2. The van der Waals surface area contributed by atoms with E-state index in [1.807, 2.05) is 24.3 Å². The van der Waals surface area contributed by atoms with Gasteiger partial charge in [-0.3, -0.25) is 4.79 Å². The van der Waals surface area contributed by atoms with E-state index < -0.39 is 5.91 Å². The van der Waals surface area contributed by atoms with Crippen molar-refractivity contribution >= 4 is 11.6 Å². The average molecular weight is 357 g/mol. The number of rotatable bonds is 7. The van der Waals surface area contributed by atoms with Gasteiger partial charge in [-0.1, -0.05) is 6.07 Å². The van der Waals surface area contributed by atoms with Crippen LogP contribution in [0.5, 0.6) is 11.5 Å². The fourth-order valence-electron chi connectivity index (χ4n) is 3.01. The van der Waals surface area contributed by atoms with E-state index in [9.17, 15) is 4.79 Å². The van der Waals surface area contributed by atoms with E-state index in [1.54, 1.807) is 20.4 Å². The first-order valence-corrected chi connectivity index (χ1v) is 8.44. The molecule has 1 aromatic heterocycles. The maximum absolute atomic E-state index is 11.7. The zero-order valence-electron chi connectivity index (χ0n) is 15.0. The first kappa shape index (κ1) is 18.0. The summed E-state index contributed by atoms with van der Waals surface area (Å²) < 4.78 is 16.0. The molecule has 3 N–H and O–H groups in total. The summed E-state index contributed by atoms with van der Waals surface area (Å²) >= 11 is 0. The maximum Gasteiger partial charge on any atom is 0.269 e.